The highest BCUT2D eigenvalue weighted by Crippen LogP contribution is 2.55. The fourth-order valence-corrected chi connectivity index (χ4v) is 6.92. The van der Waals surface area contributed by atoms with Gasteiger partial charge in [-0.3, -0.25) is 9.59 Å². The maximum absolute atomic E-state index is 13.0. The van der Waals surface area contributed by atoms with Crippen molar-refractivity contribution in [1.82, 2.24) is 10.6 Å². The minimum atomic E-state index is -0.480. The Morgan fingerprint density at radius 2 is 1.63 bits per heavy atom. The van der Waals surface area contributed by atoms with E-state index in [1.165, 1.54) is 19.3 Å². The summed E-state index contributed by atoms with van der Waals surface area (Å²) in [5.41, 5.74) is 0.107. The number of amides is 2. The first-order valence-electron chi connectivity index (χ1n) is 12.6. The topological polar surface area (TPSA) is 78.4 Å². The van der Waals surface area contributed by atoms with Crippen LogP contribution in [0.2, 0.25) is 0 Å². The quantitative estimate of drug-likeness (QED) is 0.636. The van der Waals surface area contributed by atoms with Gasteiger partial charge < -0.3 is 15.7 Å². The van der Waals surface area contributed by atoms with E-state index < -0.39 is 6.10 Å². The van der Waals surface area contributed by atoms with Crippen LogP contribution in [0.5, 0.6) is 0 Å². The molecule has 0 aromatic heterocycles. The Balaban J connectivity index is 1.41. The summed E-state index contributed by atoms with van der Waals surface area (Å²) in [5.74, 6) is 0.761. The molecule has 0 aromatic carbocycles. The second kappa shape index (κ2) is 8.80. The lowest BCUT2D eigenvalue weighted by Gasteiger charge is -2.56. The number of rotatable bonds is 5. The molecule has 170 valence electrons. The first kappa shape index (κ1) is 22.1. The standard InChI is InChI=1S/C25H42N2O3/c1-15(23(29)26-18-7-5-4-6-8-18)19-11-13-25(3)14-12-20(16(2)21(25)22(19)28)27-24(30)17-9-10-17/h15-22,28H,4-14H2,1-3H3,(H,26,29)(H,27,30)/t15-,16+,19?,20-,21+,22-,25-/m0/s1. The number of hydrogen-bond acceptors (Lipinski definition) is 3. The maximum atomic E-state index is 13.0. The van der Waals surface area contributed by atoms with Crippen LogP contribution in [0.15, 0.2) is 0 Å². The van der Waals surface area contributed by atoms with Crippen LogP contribution >= 0.6 is 0 Å². The predicted molar refractivity (Wildman–Crippen MR) is 118 cm³/mol. The minimum Gasteiger partial charge on any atom is -0.392 e. The molecule has 2 amide bonds. The highest BCUT2D eigenvalue weighted by atomic mass is 16.3. The molecule has 7 atom stereocenters. The molecule has 4 aliphatic rings. The molecule has 5 nitrogen and oxygen atoms in total. The van der Waals surface area contributed by atoms with Crippen molar-refractivity contribution in [3.8, 4) is 0 Å². The summed E-state index contributed by atoms with van der Waals surface area (Å²) < 4.78 is 0. The average molecular weight is 419 g/mol. The van der Waals surface area contributed by atoms with E-state index in [0.29, 0.717) is 6.04 Å². The molecule has 1 unspecified atom stereocenters. The Bertz CT molecular complexity index is 642. The Hall–Kier alpha value is -1.10. The molecule has 0 aliphatic heterocycles. The number of aliphatic hydroxyl groups excluding tert-OH is 1. The Kier molecular flexibility index (Phi) is 6.48. The number of hydrogen-bond donors (Lipinski definition) is 3. The maximum Gasteiger partial charge on any atom is 0.223 e. The van der Waals surface area contributed by atoms with Gasteiger partial charge in [0.1, 0.15) is 0 Å². The van der Waals surface area contributed by atoms with Gasteiger partial charge in [-0.2, -0.15) is 0 Å². The summed E-state index contributed by atoms with van der Waals surface area (Å²) in [6.45, 7) is 6.53. The molecule has 0 spiro atoms. The lowest BCUT2D eigenvalue weighted by Crippen LogP contribution is -2.59. The molecule has 4 saturated carbocycles. The van der Waals surface area contributed by atoms with Crippen LogP contribution in [0.4, 0.5) is 0 Å². The van der Waals surface area contributed by atoms with Crippen molar-refractivity contribution in [1.29, 1.82) is 0 Å². The summed E-state index contributed by atoms with van der Waals surface area (Å²) in [6.07, 6.45) is 11.5. The second-order valence-electron chi connectivity index (χ2n) is 11.3. The van der Waals surface area contributed by atoms with Gasteiger partial charge in [0, 0.05) is 23.9 Å². The summed E-state index contributed by atoms with van der Waals surface area (Å²) in [4.78, 5) is 25.4. The van der Waals surface area contributed by atoms with E-state index in [-0.39, 0.29) is 52.9 Å². The lowest BCUT2D eigenvalue weighted by molar-refractivity contribution is -0.144. The number of aliphatic hydroxyl groups is 1. The molecule has 0 heterocycles. The van der Waals surface area contributed by atoms with E-state index in [1.54, 1.807) is 0 Å². The van der Waals surface area contributed by atoms with Crippen LogP contribution in [0.3, 0.4) is 0 Å². The van der Waals surface area contributed by atoms with Gasteiger partial charge in [-0.1, -0.05) is 40.0 Å². The predicted octanol–water partition coefficient (Wildman–Crippen LogP) is 3.79. The van der Waals surface area contributed by atoms with E-state index in [4.69, 9.17) is 0 Å². The highest BCUT2D eigenvalue weighted by molar-refractivity contribution is 5.81. The molecule has 3 N–H and O–H groups in total. The minimum absolute atomic E-state index is 0.00648. The molecule has 0 bridgehead atoms. The van der Waals surface area contributed by atoms with E-state index in [2.05, 4.69) is 24.5 Å². The highest BCUT2D eigenvalue weighted by Gasteiger charge is 2.54. The summed E-state index contributed by atoms with van der Waals surface area (Å²) >= 11 is 0. The third-order valence-corrected chi connectivity index (χ3v) is 9.17. The fourth-order valence-electron chi connectivity index (χ4n) is 6.92. The summed E-state index contributed by atoms with van der Waals surface area (Å²) in [7, 11) is 0. The molecule has 0 saturated heterocycles. The Morgan fingerprint density at radius 3 is 2.30 bits per heavy atom. The van der Waals surface area contributed by atoms with Crippen molar-refractivity contribution in [3.05, 3.63) is 0 Å². The number of carbonyl (C=O) groups excluding carboxylic acids is 2. The van der Waals surface area contributed by atoms with Crippen LogP contribution in [-0.4, -0.2) is 35.1 Å². The molecule has 0 aromatic rings. The first-order chi connectivity index (χ1) is 14.3. The van der Waals surface area contributed by atoms with Gasteiger partial charge in [0.05, 0.1) is 6.10 Å². The molecular weight excluding hydrogens is 376 g/mol. The molecule has 30 heavy (non-hydrogen) atoms. The zero-order valence-electron chi connectivity index (χ0n) is 19.2. The fraction of sp³-hybridized carbons (Fsp3) is 0.920. The van der Waals surface area contributed by atoms with Crippen molar-refractivity contribution in [2.75, 3.05) is 0 Å². The monoisotopic (exact) mass is 418 g/mol. The molecule has 5 heteroatoms. The van der Waals surface area contributed by atoms with Gasteiger partial charge in [0.2, 0.25) is 11.8 Å². The van der Waals surface area contributed by atoms with Gasteiger partial charge in [0.25, 0.3) is 0 Å². The molecular formula is C25H42N2O3. The number of nitrogens with one attached hydrogen (secondary N) is 2. The summed E-state index contributed by atoms with van der Waals surface area (Å²) in [6, 6.07) is 0.464. The molecule has 4 rings (SSSR count). The van der Waals surface area contributed by atoms with E-state index in [1.807, 2.05) is 6.92 Å². The lowest BCUT2D eigenvalue weighted by atomic mass is 9.51. The molecule has 4 fully saturated rings. The SMILES string of the molecule is C[C@H]1[C@@H]2[C@@H](O)C([C@H](C)C(=O)NC3CCCCC3)CC[C@@]2(C)CC[C@@H]1NC(=O)C1CC1. The molecule has 0 radical (unpaired) electrons. The van der Waals surface area contributed by atoms with Gasteiger partial charge in [-0.15, -0.1) is 0 Å². The van der Waals surface area contributed by atoms with Crippen molar-refractivity contribution in [3.63, 3.8) is 0 Å². The van der Waals surface area contributed by atoms with E-state index in [0.717, 1.165) is 51.4 Å². The third kappa shape index (κ3) is 4.42. The van der Waals surface area contributed by atoms with Gasteiger partial charge in [-0.25, -0.2) is 0 Å². The normalized spacial score (nSPS) is 40.9. The van der Waals surface area contributed by atoms with Crippen LogP contribution in [0, 0.1) is 35.0 Å². The smallest absolute Gasteiger partial charge is 0.223 e. The van der Waals surface area contributed by atoms with Gasteiger partial charge >= 0.3 is 0 Å². The average Bonchev–Trinajstić information content (AvgIpc) is 3.56. The van der Waals surface area contributed by atoms with Gasteiger partial charge in [-0.05, 0) is 74.5 Å². The van der Waals surface area contributed by atoms with Crippen LogP contribution in [0.25, 0.3) is 0 Å². The van der Waals surface area contributed by atoms with E-state index in [9.17, 15) is 14.7 Å². The number of carbonyl (C=O) groups is 2. The second-order valence-corrected chi connectivity index (χ2v) is 11.3. The zero-order chi connectivity index (χ0) is 21.5. The Morgan fingerprint density at radius 1 is 0.967 bits per heavy atom. The summed E-state index contributed by atoms with van der Waals surface area (Å²) in [5, 5.41) is 18.1. The van der Waals surface area contributed by atoms with Crippen LogP contribution in [0.1, 0.15) is 91.4 Å². The van der Waals surface area contributed by atoms with Crippen molar-refractivity contribution >= 4 is 11.8 Å². The van der Waals surface area contributed by atoms with Crippen molar-refractivity contribution in [2.24, 2.45) is 35.0 Å². The zero-order valence-corrected chi connectivity index (χ0v) is 19.2. The Labute approximate surface area is 182 Å². The number of fused-ring (bicyclic) bond motifs is 1. The first-order valence-corrected chi connectivity index (χ1v) is 12.6. The van der Waals surface area contributed by atoms with E-state index >= 15 is 0 Å². The molecule has 4 aliphatic carbocycles. The van der Waals surface area contributed by atoms with Crippen molar-refractivity contribution in [2.45, 2.75) is 110 Å². The van der Waals surface area contributed by atoms with Gasteiger partial charge in [0.15, 0.2) is 0 Å². The van der Waals surface area contributed by atoms with Crippen LogP contribution < -0.4 is 10.6 Å². The van der Waals surface area contributed by atoms with Crippen molar-refractivity contribution < 1.29 is 14.7 Å². The third-order valence-electron chi connectivity index (χ3n) is 9.17. The largest absolute Gasteiger partial charge is 0.392 e. The van der Waals surface area contributed by atoms with Crippen LogP contribution in [-0.2, 0) is 9.59 Å².